The molecule has 2 saturated heterocycles. The molecule has 264 valence electrons. The smallest absolute Gasteiger partial charge is 0.368 e. The molecule has 15 heteroatoms. The van der Waals surface area contributed by atoms with Crippen molar-refractivity contribution >= 4 is 34.8 Å². The Balaban J connectivity index is 1.18. The zero-order chi connectivity index (χ0) is 35.7. The summed E-state index contributed by atoms with van der Waals surface area (Å²) in [6.45, 7) is 5.41. The summed E-state index contributed by atoms with van der Waals surface area (Å²) in [4.78, 5) is 58.9. The number of hydrogen-bond acceptors (Lipinski definition) is 8. The normalized spacial score (nSPS) is 19.7. The van der Waals surface area contributed by atoms with Gasteiger partial charge in [0.2, 0.25) is 0 Å². The lowest BCUT2D eigenvalue weighted by Gasteiger charge is -2.39. The lowest BCUT2D eigenvalue weighted by atomic mass is 9.95. The number of carbonyl (C=O) groups excluding carboxylic acids is 4. The van der Waals surface area contributed by atoms with Crippen LogP contribution in [0.25, 0.3) is 0 Å². The molecule has 0 saturated carbocycles. The maximum Gasteiger partial charge on any atom is 0.418 e. The van der Waals surface area contributed by atoms with Crippen LogP contribution in [0.15, 0.2) is 59.7 Å². The van der Waals surface area contributed by atoms with E-state index in [4.69, 9.17) is 0 Å². The third kappa shape index (κ3) is 7.99. The number of nitrogens with one attached hydrogen (secondary N) is 1. The molecule has 49 heavy (non-hydrogen) atoms. The fraction of sp³-hybridized carbons (Fsp3) is 0.471. The van der Waals surface area contributed by atoms with Crippen LogP contribution in [0, 0.1) is 0 Å². The van der Waals surface area contributed by atoms with Crippen LogP contribution in [0.1, 0.15) is 37.8 Å². The number of benzene rings is 2. The van der Waals surface area contributed by atoms with Crippen molar-refractivity contribution in [3.8, 4) is 0 Å². The van der Waals surface area contributed by atoms with Gasteiger partial charge in [0.1, 0.15) is 0 Å². The molecule has 2 aromatic carbocycles. The van der Waals surface area contributed by atoms with Crippen LogP contribution in [0.5, 0.6) is 0 Å². The van der Waals surface area contributed by atoms with E-state index in [0.29, 0.717) is 26.2 Å². The lowest BCUT2D eigenvalue weighted by Crippen LogP contribution is -2.52. The molecule has 1 N–H and O–H groups in total. The summed E-state index contributed by atoms with van der Waals surface area (Å²) >= 11 is 0. The van der Waals surface area contributed by atoms with Gasteiger partial charge in [0.05, 0.1) is 23.2 Å². The van der Waals surface area contributed by atoms with Crippen molar-refractivity contribution in [3.05, 3.63) is 70.8 Å². The van der Waals surface area contributed by atoms with Gasteiger partial charge in [-0.3, -0.25) is 34.3 Å². The van der Waals surface area contributed by atoms with Gasteiger partial charge < -0.3 is 9.80 Å². The Labute approximate surface area is 279 Å². The Morgan fingerprint density at radius 3 is 1.27 bits per heavy atom. The Bertz CT molecular complexity index is 1510. The number of nitrogens with zero attached hydrogens (tertiary/aromatic N) is 4. The van der Waals surface area contributed by atoms with Crippen LogP contribution < -0.4 is 15.1 Å². The number of para-hydroxylation sites is 2. The Morgan fingerprint density at radius 2 is 0.939 bits per heavy atom. The van der Waals surface area contributed by atoms with E-state index in [0.717, 1.165) is 12.1 Å². The third-order valence-corrected chi connectivity index (χ3v) is 9.60. The van der Waals surface area contributed by atoms with E-state index >= 15 is 0 Å². The number of hydrogen-bond donors (Lipinski definition) is 1. The number of amides is 2. The molecule has 5 rings (SSSR count). The first-order valence-electron chi connectivity index (χ1n) is 16.0. The predicted octanol–water partition coefficient (Wildman–Crippen LogP) is 4.32. The number of alkyl halides is 6. The van der Waals surface area contributed by atoms with Crippen molar-refractivity contribution in [3.63, 3.8) is 0 Å². The molecule has 0 spiro atoms. The number of anilines is 2. The third-order valence-electron chi connectivity index (χ3n) is 9.60. The number of piperazine rings is 2. The maximum absolute atomic E-state index is 13.5. The second kappa shape index (κ2) is 14.3. The fourth-order valence-corrected chi connectivity index (χ4v) is 6.63. The Hall–Kier alpha value is -4.24. The molecule has 3 aliphatic rings. The average Bonchev–Trinajstić information content (AvgIpc) is 3.33. The molecule has 2 amide bonds. The second-order valence-electron chi connectivity index (χ2n) is 12.5. The first-order chi connectivity index (χ1) is 23.1. The molecule has 3 heterocycles. The highest BCUT2D eigenvalue weighted by molar-refractivity contribution is 6.22. The highest BCUT2D eigenvalue weighted by atomic mass is 19.4. The molecule has 0 aliphatic carbocycles. The zero-order valence-corrected chi connectivity index (χ0v) is 27.0. The average molecular weight is 694 g/mol. The molecular formula is C34H37F6N5O4. The van der Waals surface area contributed by atoms with Gasteiger partial charge in [-0.2, -0.15) is 26.3 Å². The van der Waals surface area contributed by atoms with Gasteiger partial charge in [-0.15, -0.1) is 0 Å². The van der Waals surface area contributed by atoms with E-state index in [9.17, 15) is 45.5 Å². The van der Waals surface area contributed by atoms with Gasteiger partial charge >= 0.3 is 12.4 Å². The van der Waals surface area contributed by atoms with Gasteiger partial charge in [0.25, 0.3) is 11.8 Å². The van der Waals surface area contributed by atoms with Crippen molar-refractivity contribution in [2.24, 2.45) is 0 Å². The quantitative estimate of drug-likeness (QED) is 0.291. The SMILES string of the molecule is CC(C(=O)CC1=C(CC(=O)C(C)N2CCN(c3ccccc3C(F)(F)F)CC2)C(=O)NC1=O)N1CCN(c2ccccc2C(F)(F)F)CC1. The Morgan fingerprint density at radius 1 is 0.612 bits per heavy atom. The number of imide groups is 1. The molecule has 2 atom stereocenters. The van der Waals surface area contributed by atoms with E-state index < -0.39 is 60.2 Å². The van der Waals surface area contributed by atoms with Crippen LogP contribution in [0.3, 0.4) is 0 Å². The van der Waals surface area contributed by atoms with Crippen LogP contribution in [0.4, 0.5) is 37.7 Å². The summed E-state index contributed by atoms with van der Waals surface area (Å²) in [5.41, 5.74) is -1.51. The van der Waals surface area contributed by atoms with Crippen molar-refractivity contribution in [2.45, 2.75) is 51.1 Å². The molecule has 2 aromatic rings. The van der Waals surface area contributed by atoms with Gasteiger partial charge in [-0.05, 0) is 38.1 Å². The van der Waals surface area contributed by atoms with E-state index in [2.05, 4.69) is 5.32 Å². The minimum atomic E-state index is -4.51. The van der Waals surface area contributed by atoms with Crippen LogP contribution in [-0.2, 0) is 31.5 Å². The monoisotopic (exact) mass is 693 g/mol. The first kappa shape index (κ1) is 36.1. The Kier molecular flexibility index (Phi) is 10.5. The van der Waals surface area contributed by atoms with Crippen molar-refractivity contribution in [2.75, 3.05) is 62.2 Å². The molecule has 2 fully saturated rings. The lowest BCUT2D eigenvalue weighted by molar-refractivity contribution is -0.138. The standard InChI is InChI=1S/C34H37F6N5O4/c1-21(42-11-15-44(16-12-42)27-9-5-3-7-25(27)33(35,36)37)29(46)19-23-24(32(49)41-31(23)48)20-30(47)22(2)43-13-17-45(18-14-43)28-10-6-4-8-26(28)34(38,39)40/h3-10,21-22H,11-20H2,1-2H3,(H,41,48,49). The van der Waals surface area contributed by atoms with E-state index in [1.54, 1.807) is 23.6 Å². The van der Waals surface area contributed by atoms with Crippen molar-refractivity contribution < 1.29 is 45.5 Å². The van der Waals surface area contributed by atoms with Crippen LogP contribution in [0.2, 0.25) is 0 Å². The minimum Gasteiger partial charge on any atom is -0.368 e. The first-order valence-corrected chi connectivity index (χ1v) is 16.0. The van der Waals surface area contributed by atoms with Gasteiger partial charge in [0, 0.05) is 87.7 Å². The molecule has 0 radical (unpaired) electrons. The molecule has 9 nitrogen and oxygen atoms in total. The molecule has 0 bridgehead atoms. The van der Waals surface area contributed by atoms with Crippen molar-refractivity contribution in [1.29, 1.82) is 0 Å². The zero-order valence-electron chi connectivity index (χ0n) is 27.0. The summed E-state index contributed by atoms with van der Waals surface area (Å²) in [5, 5.41) is 2.17. The molecule has 3 aliphatic heterocycles. The predicted molar refractivity (Wildman–Crippen MR) is 169 cm³/mol. The number of Topliss-reactive ketones (excluding diaryl/α,β-unsaturated/α-hetero) is 2. The van der Waals surface area contributed by atoms with E-state index in [1.165, 1.54) is 36.4 Å². The highest BCUT2D eigenvalue weighted by Crippen LogP contribution is 2.38. The van der Waals surface area contributed by atoms with Gasteiger partial charge in [-0.1, -0.05) is 24.3 Å². The number of carbonyl (C=O) groups is 4. The molecular weight excluding hydrogens is 656 g/mol. The van der Waals surface area contributed by atoms with E-state index in [1.807, 2.05) is 9.80 Å². The minimum absolute atomic E-state index is 0.0668. The topological polar surface area (TPSA) is 93.3 Å². The van der Waals surface area contributed by atoms with Crippen LogP contribution >= 0.6 is 0 Å². The second-order valence-corrected chi connectivity index (χ2v) is 12.5. The van der Waals surface area contributed by atoms with Gasteiger partial charge in [-0.25, -0.2) is 0 Å². The van der Waals surface area contributed by atoms with Crippen LogP contribution in [-0.4, -0.2) is 97.6 Å². The summed E-state index contributed by atoms with van der Waals surface area (Å²) in [5.74, 6) is -2.27. The number of ketones is 2. The van der Waals surface area contributed by atoms with E-state index in [-0.39, 0.29) is 60.3 Å². The summed E-state index contributed by atoms with van der Waals surface area (Å²) in [6, 6.07) is 9.21. The summed E-state index contributed by atoms with van der Waals surface area (Å²) < 4.78 is 81.2. The summed E-state index contributed by atoms with van der Waals surface area (Å²) in [7, 11) is 0. The largest absolute Gasteiger partial charge is 0.418 e. The molecule has 0 aromatic heterocycles. The number of halogens is 6. The number of rotatable bonds is 10. The summed E-state index contributed by atoms with van der Waals surface area (Å²) in [6.07, 6.45) is -9.82. The maximum atomic E-state index is 13.5. The molecule has 2 unspecified atom stereocenters. The van der Waals surface area contributed by atoms with Crippen molar-refractivity contribution in [1.82, 2.24) is 15.1 Å². The fourth-order valence-electron chi connectivity index (χ4n) is 6.63. The van der Waals surface area contributed by atoms with Gasteiger partial charge in [0.15, 0.2) is 11.6 Å². The highest BCUT2D eigenvalue weighted by Gasteiger charge is 2.39.